The molecule has 138 valence electrons. The summed E-state index contributed by atoms with van der Waals surface area (Å²) in [6, 6.07) is 0. The van der Waals surface area contributed by atoms with E-state index in [1.165, 1.54) is 5.57 Å². The van der Waals surface area contributed by atoms with Gasteiger partial charge in [-0.3, -0.25) is 0 Å². The van der Waals surface area contributed by atoms with Crippen molar-refractivity contribution < 1.29 is 23.7 Å². The number of epoxide rings is 3. The maximum Gasteiger partial charge on any atom is 0.334 e. The van der Waals surface area contributed by atoms with E-state index < -0.39 is 0 Å². The molecule has 5 fully saturated rings. The Bertz CT molecular complexity index is 858. The predicted octanol–water partition coefficient (Wildman–Crippen LogP) is 2.30. The van der Waals surface area contributed by atoms with Gasteiger partial charge in [0, 0.05) is 11.0 Å². The van der Waals surface area contributed by atoms with E-state index in [4.69, 9.17) is 18.9 Å². The smallest absolute Gasteiger partial charge is 0.334 e. The van der Waals surface area contributed by atoms with Crippen LogP contribution in [0.2, 0.25) is 0 Å². The lowest BCUT2D eigenvalue weighted by atomic mass is 9.46. The molecule has 0 aromatic carbocycles. The van der Waals surface area contributed by atoms with Crippen molar-refractivity contribution in [2.45, 2.75) is 75.1 Å². The van der Waals surface area contributed by atoms with Crippen molar-refractivity contribution >= 4 is 5.97 Å². The number of carbonyl (C=O) groups excluding carboxylic acids is 1. The molecule has 8 atom stereocenters. The van der Waals surface area contributed by atoms with Gasteiger partial charge in [0.2, 0.25) is 0 Å². The molecule has 0 amide bonds. The molecule has 7 rings (SSSR count). The first-order valence-electron chi connectivity index (χ1n) is 9.97. The van der Waals surface area contributed by atoms with Gasteiger partial charge in [-0.05, 0) is 42.2 Å². The summed E-state index contributed by atoms with van der Waals surface area (Å²) >= 11 is 0. The normalized spacial score (nSPS) is 60.3. The van der Waals surface area contributed by atoms with Gasteiger partial charge in [-0.2, -0.15) is 0 Å². The van der Waals surface area contributed by atoms with E-state index in [-0.39, 0.29) is 46.5 Å². The average Bonchev–Trinajstić information content (AvgIpc) is 3.47. The van der Waals surface area contributed by atoms with Gasteiger partial charge in [0.15, 0.2) is 5.60 Å². The van der Waals surface area contributed by atoms with Crippen LogP contribution in [0.4, 0.5) is 0 Å². The molecule has 0 radical (unpaired) electrons. The van der Waals surface area contributed by atoms with Crippen LogP contribution < -0.4 is 0 Å². The molecule has 5 nitrogen and oxygen atoms in total. The second-order valence-electron chi connectivity index (χ2n) is 9.87. The number of rotatable bonds is 1. The molecule has 2 saturated carbocycles. The lowest BCUT2D eigenvalue weighted by Gasteiger charge is -2.52. The Hall–Kier alpha value is -1.17. The molecule has 0 bridgehead atoms. The summed E-state index contributed by atoms with van der Waals surface area (Å²) in [5, 5.41) is 0. The van der Waals surface area contributed by atoms with Gasteiger partial charge in [-0.15, -0.1) is 0 Å². The maximum absolute atomic E-state index is 12.1. The molecule has 2 spiro atoms. The summed E-state index contributed by atoms with van der Waals surface area (Å²) in [5.41, 5.74) is 2.18. The minimum absolute atomic E-state index is 0.0600. The number of ether oxygens (including phenoxy) is 4. The first-order chi connectivity index (χ1) is 12.3. The highest BCUT2D eigenvalue weighted by molar-refractivity contribution is 5.92. The summed E-state index contributed by atoms with van der Waals surface area (Å²) in [6.45, 7) is 11.7. The molecule has 5 heteroatoms. The fourth-order valence-electron chi connectivity index (χ4n) is 7.68. The molecule has 3 aliphatic carbocycles. The van der Waals surface area contributed by atoms with Gasteiger partial charge < -0.3 is 18.9 Å². The van der Waals surface area contributed by atoms with Crippen molar-refractivity contribution in [1.29, 1.82) is 0 Å². The lowest BCUT2D eigenvalue weighted by molar-refractivity contribution is -0.136. The Kier molecular flexibility index (Phi) is 2.12. The van der Waals surface area contributed by atoms with E-state index in [0.29, 0.717) is 18.4 Å². The first kappa shape index (κ1) is 14.8. The topological polar surface area (TPSA) is 63.9 Å². The monoisotopic (exact) mass is 356 g/mol. The van der Waals surface area contributed by atoms with Crippen molar-refractivity contribution in [2.24, 2.45) is 17.3 Å². The van der Waals surface area contributed by atoms with Crippen LogP contribution in [-0.2, 0) is 23.7 Å². The minimum atomic E-state index is -0.387. The van der Waals surface area contributed by atoms with Crippen LogP contribution in [0, 0.1) is 17.3 Å². The number of hydrogen-bond donors (Lipinski definition) is 0. The van der Waals surface area contributed by atoms with Crippen LogP contribution in [0.15, 0.2) is 23.3 Å². The fourth-order valence-corrected chi connectivity index (χ4v) is 7.68. The Balaban J connectivity index is 1.40. The lowest BCUT2D eigenvalue weighted by Crippen LogP contribution is -2.64. The molecule has 4 aliphatic heterocycles. The van der Waals surface area contributed by atoms with E-state index in [0.717, 1.165) is 30.4 Å². The highest BCUT2D eigenvalue weighted by atomic mass is 16.7. The Morgan fingerprint density at radius 1 is 1.19 bits per heavy atom. The molecule has 0 aromatic rings. The molecular weight excluding hydrogens is 332 g/mol. The zero-order valence-electron chi connectivity index (χ0n) is 15.5. The molecule has 7 aliphatic rings. The zero-order valence-corrected chi connectivity index (χ0v) is 15.5. The van der Waals surface area contributed by atoms with Crippen LogP contribution in [0.25, 0.3) is 0 Å². The molecule has 3 saturated heterocycles. The van der Waals surface area contributed by atoms with Crippen LogP contribution in [-0.4, -0.2) is 47.7 Å². The molecule has 0 aromatic heterocycles. The molecular formula is C21H24O5. The highest BCUT2D eigenvalue weighted by Gasteiger charge is 2.98. The van der Waals surface area contributed by atoms with Crippen molar-refractivity contribution in [3.8, 4) is 0 Å². The maximum atomic E-state index is 12.1. The number of fused-ring (bicyclic) bond motifs is 4. The summed E-state index contributed by atoms with van der Waals surface area (Å²) in [7, 11) is 0. The van der Waals surface area contributed by atoms with Gasteiger partial charge in [0.25, 0.3) is 0 Å². The summed E-state index contributed by atoms with van der Waals surface area (Å²) in [5.74, 6) is 0.550. The molecule has 0 unspecified atom stereocenters. The van der Waals surface area contributed by atoms with Gasteiger partial charge in [0.05, 0.1) is 6.10 Å². The zero-order chi connectivity index (χ0) is 17.9. The number of hydrogen-bond acceptors (Lipinski definition) is 5. The van der Waals surface area contributed by atoms with Crippen LogP contribution in [0.3, 0.4) is 0 Å². The van der Waals surface area contributed by atoms with E-state index >= 15 is 0 Å². The second kappa shape index (κ2) is 3.71. The van der Waals surface area contributed by atoms with E-state index in [2.05, 4.69) is 27.4 Å². The van der Waals surface area contributed by atoms with Crippen molar-refractivity contribution in [3.05, 3.63) is 23.3 Å². The Labute approximate surface area is 152 Å². The standard InChI is InChI=1S/C21H24O5/c1-9(2)19-10(3)20-14(24-20)7-13-12-8-23-17(22)11(12)5-6-18(13,4)21(20)16(26-21)15(19)25-19/h9,13-16H,3,5-8H2,1-2,4H3/t13-,14-,15-,16-,18-,19+,20-,21+/m0/s1. The quantitative estimate of drug-likeness (QED) is 0.410. The van der Waals surface area contributed by atoms with Gasteiger partial charge in [0.1, 0.15) is 30.0 Å². The van der Waals surface area contributed by atoms with Crippen molar-refractivity contribution in [2.75, 3.05) is 6.61 Å². The number of esters is 1. The van der Waals surface area contributed by atoms with Crippen molar-refractivity contribution in [3.63, 3.8) is 0 Å². The van der Waals surface area contributed by atoms with Gasteiger partial charge in [-0.1, -0.05) is 27.4 Å². The largest absolute Gasteiger partial charge is 0.458 e. The third kappa shape index (κ3) is 1.11. The second-order valence-corrected chi connectivity index (χ2v) is 9.87. The molecule has 26 heavy (non-hydrogen) atoms. The van der Waals surface area contributed by atoms with E-state index in [1.54, 1.807) is 0 Å². The predicted molar refractivity (Wildman–Crippen MR) is 90.2 cm³/mol. The molecule has 4 heterocycles. The first-order valence-corrected chi connectivity index (χ1v) is 9.97. The van der Waals surface area contributed by atoms with Crippen LogP contribution in [0.1, 0.15) is 40.0 Å². The Morgan fingerprint density at radius 2 is 2.00 bits per heavy atom. The average molecular weight is 356 g/mol. The SMILES string of the molecule is C=C1[C@@]2(C(C)C)O[C@H]2[C@@H]2O[C@@]23[C@@]2(C)CCC4=C(COC4=O)[C@@H]2C[C@@H]2O[C@@]123. The highest BCUT2D eigenvalue weighted by Crippen LogP contribution is 2.84. The fraction of sp³-hybridized carbons (Fsp3) is 0.762. The third-order valence-electron chi connectivity index (χ3n) is 9.05. The Morgan fingerprint density at radius 3 is 2.77 bits per heavy atom. The number of cyclic esters (lactones) is 1. The summed E-state index contributed by atoms with van der Waals surface area (Å²) in [4.78, 5) is 12.1. The van der Waals surface area contributed by atoms with Crippen molar-refractivity contribution in [1.82, 2.24) is 0 Å². The van der Waals surface area contributed by atoms with E-state index in [9.17, 15) is 4.79 Å². The van der Waals surface area contributed by atoms with Crippen LogP contribution >= 0.6 is 0 Å². The number of carbonyl (C=O) groups is 1. The minimum Gasteiger partial charge on any atom is -0.458 e. The summed E-state index contributed by atoms with van der Waals surface area (Å²) in [6.07, 6.45) is 2.98. The van der Waals surface area contributed by atoms with Gasteiger partial charge in [-0.25, -0.2) is 4.79 Å². The summed E-state index contributed by atoms with van der Waals surface area (Å²) < 4.78 is 24.8. The van der Waals surface area contributed by atoms with Crippen LogP contribution in [0.5, 0.6) is 0 Å². The third-order valence-corrected chi connectivity index (χ3v) is 9.05. The van der Waals surface area contributed by atoms with E-state index in [1.807, 2.05) is 0 Å². The van der Waals surface area contributed by atoms with Gasteiger partial charge >= 0.3 is 5.97 Å². The molecule has 0 N–H and O–H groups in total.